The van der Waals surface area contributed by atoms with Crippen molar-refractivity contribution in [3.05, 3.63) is 39.1 Å². The van der Waals surface area contributed by atoms with Gasteiger partial charge in [0.1, 0.15) is 11.5 Å². The molecule has 2 fully saturated rings. The number of aliphatic hydroxyl groups is 1. The van der Waals surface area contributed by atoms with Crippen molar-refractivity contribution in [2.75, 3.05) is 18.5 Å². The fraction of sp³-hybridized carbons (Fsp3) is 0.500. The largest absolute Gasteiger partial charge is 0.493 e. The summed E-state index contributed by atoms with van der Waals surface area (Å²) in [5.41, 5.74) is 0.959. The monoisotopic (exact) mass is 411 g/mol. The molecule has 0 radical (unpaired) electrons. The molecule has 5 rings (SSSR count). The number of H-pyrrole nitrogens is 2. The first-order valence-electron chi connectivity index (χ1n) is 10.4. The topological polar surface area (TPSA) is 144 Å². The Morgan fingerprint density at radius 1 is 1.33 bits per heavy atom. The summed E-state index contributed by atoms with van der Waals surface area (Å²) in [6.45, 7) is 0.808. The number of imidazole rings is 1. The molecule has 2 aliphatic rings. The molecule has 10 nitrogen and oxygen atoms in total. The number of aromatic hydroxyl groups is 1. The van der Waals surface area contributed by atoms with Gasteiger partial charge in [-0.3, -0.25) is 9.98 Å². The molecule has 0 unspecified atom stereocenters. The summed E-state index contributed by atoms with van der Waals surface area (Å²) < 4.78 is 1.68. The Morgan fingerprint density at radius 2 is 2.13 bits per heavy atom. The molecular formula is C20H25N7O3. The van der Waals surface area contributed by atoms with Crippen molar-refractivity contribution in [1.82, 2.24) is 24.6 Å². The van der Waals surface area contributed by atoms with Gasteiger partial charge < -0.3 is 20.5 Å². The molecule has 10 heteroatoms. The second-order valence-corrected chi connectivity index (χ2v) is 8.40. The van der Waals surface area contributed by atoms with E-state index < -0.39 is 5.69 Å². The molecule has 3 heterocycles. The molecule has 158 valence electrons. The summed E-state index contributed by atoms with van der Waals surface area (Å²) in [5.74, 6) is 0.436. The number of aromatic nitrogens is 5. The van der Waals surface area contributed by atoms with Crippen molar-refractivity contribution < 1.29 is 10.2 Å². The molecule has 0 spiro atoms. The molecule has 5 N–H and O–H groups in total. The maximum Gasteiger partial charge on any atom is 0.326 e. The number of nitrogens with one attached hydrogen (secondary N) is 3. The fourth-order valence-corrected chi connectivity index (χ4v) is 4.08. The van der Waals surface area contributed by atoms with Crippen LogP contribution in [0.15, 0.2) is 22.1 Å². The number of aliphatic hydroxyl groups excluding tert-OH is 1. The standard InChI is InChI=1S/C20H25N7O3/c28-11-20(5-1-2-6-20)10-21-15-8-16(23-13-3-4-13)27-17(25-15)12(9-22-27)7-14-18(29)26-19(30)24-14/h7-9,13,21,28-29H,1-6,10-11H2,(H2,24,26,30)/b12-7+,23-16?. The van der Waals surface area contributed by atoms with E-state index in [2.05, 4.69) is 20.4 Å². The Kier molecular flexibility index (Phi) is 4.58. The highest BCUT2D eigenvalue weighted by Crippen LogP contribution is 2.37. The lowest BCUT2D eigenvalue weighted by atomic mass is 9.87. The van der Waals surface area contributed by atoms with Crippen molar-refractivity contribution in [3.8, 4) is 5.88 Å². The van der Waals surface area contributed by atoms with E-state index in [0.717, 1.165) is 38.5 Å². The van der Waals surface area contributed by atoms with E-state index in [-0.39, 0.29) is 23.6 Å². The highest BCUT2D eigenvalue weighted by molar-refractivity contribution is 5.57. The zero-order valence-corrected chi connectivity index (χ0v) is 16.6. The lowest BCUT2D eigenvalue weighted by Gasteiger charge is -2.26. The minimum Gasteiger partial charge on any atom is -0.493 e. The Bertz CT molecular complexity index is 1250. The fourth-order valence-electron chi connectivity index (χ4n) is 4.08. The first kappa shape index (κ1) is 18.9. The molecule has 0 atom stereocenters. The van der Waals surface area contributed by atoms with Gasteiger partial charge in [0.25, 0.3) is 0 Å². The number of rotatable bonds is 6. The normalized spacial score (nSPS) is 19.8. The Hall–Kier alpha value is -3.14. The van der Waals surface area contributed by atoms with Crippen LogP contribution >= 0.6 is 0 Å². The zero-order valence-electron chi connectivity index (χ0n) is 16.6. The molecule has 0 bridgehead atoms. The summed E-state index contributed by atoms with van der Waals surface area (Å²) in [4.78, 5) is 25.8. The number of nitrogens with zero attached hydrogens (tertiary/aromatic N) is 4. The Balaban J connectivity index is 1.58. The van der Waals surface area contributed by atoms with E-state index in [1.807, 2.05) is 6.07 Å². The van der Waals surface area contributed by atoms with Crippen molar-refractivity contribution in [2.45, 2.75) is 44.6 Å². The lowest BCUT2D eigenvalue weighted by molar-refractivity contribution is 0.142. The highest BCUT2D eigenvalue weighted by Gasteiger charge is 2.33. The molecule has 0 saturated heterocycles. The minimum atomic E-state index is -0.485. The molecule has 3 aromatic rings. The van der Waals surface area contributed by atoms with Crippen LogP contribution < -0.4 is 21.7 Å². The highest BCUT2D eigenvalue weighted by atomic mass is 16.3. The van der Waals surface area contributed by atoms with E-state index in [1.165, 1.54) is 0 Å². The number of aromatic amines is 2. The molecule has 30 heavy (non-hydrogen) atoms. The van der Waals surface area contributed by atoms with Gasteiger partial charge in [-0.25, -0.2) is 9.78 Å². The zero-order chi connectivity index (χ0) is 20.7. The summed E-state index contributed by atoms with van der Waals surface area (Å²) in [6.07, 6.45) is 9.67. The van der Waals surface area contributed by atoms with Crippen LogP contribution in [-0.4, -0.2) is 54.0 Å². The van der Waals surface area contributed by atoms with Crippen LogP contribution in [0.1, 0.15) is 44.2 Å². The van der Waals surface area contributed by atoms with Crippen LogP contribution in [0.25, 0.3) is 11.7 Å². The van der Waals surface area contributed by atoms with E-state index in [4.69, 9.17) is 9.98 Å². The van der Waals surface area contributed by atoms with Gasteiger partial charge in [0.2, 0.25) is 5.88 Å². The average Bonchev–Trinajstić information content (AvgIpc) is 3.12. The van der Waals surface area contributed by atoms with Crippen LogP contribution in [0.3, 0.4) is 0 Å². The number of anilines is 1. The predicted molar refractivity (Wildman–Crippen MR) is 110 cm³/mol. The van der Waals surface area contributed by atoms with Crippen LogP contribution in [0.5, 0.6) is 5.88 Å². The van der Waals surface area contributed by atoms with Gasteiger partial charge in [-0.2, -0.15) is 9.61 Å². The van der Waals surface area contributed by atoms with E-state index in [0.29, 0.717) is 34.8 Å². The number of fused-ring (bicyclic) bond motifs is 1. The van der Waals surface area contributed by atoms with Gasteiger partial charge in [-0.15, -0.1) is 0 Å². The second kappa shape index (κ2) is 7.28. The second-order valence-electron chi connectivity index (χ2n) is 8.40. The van der Waals surface area contributed by atoms with Gasteiger partial charge in [-0.1, -0.05) is 12.8 Å². The van der Waals surface area contributed by atoms with E-state index in [9.17, 15) is 15.0 Å². The first-order chi connectivity index (χ1) is 14.5. The van der Waals surface area contributed by atoms with Gasteiger partial charge in [0, 0.05) is 23.2 Å². The van der Waals surface area contributed by atoms with Gasteiger partial charge in [-0.05, 0) is 31.8 Å². The summed E-state index contributed by atoms with van der Waals surface area (Å²) in [6, 6.07) is 2.20. The predicted octanol–water partition coefficient (Wildman–Crippen LogP) is 0.0267. The van der Waals surface area contributed by atoms with Gasteiger partial charge >= 0.3 is 5.69 Å². The van der Waals surface area contributed by atoms with Gasteiger partial charge in [0.05, 0.1) is 18.8 Å². The van der Waals surface area contributed by atoms with Crippen LogP contribution in [0.2, 0.25) is 0 Å². The maximum atomic E-state index is 11.4. The number of hydrogen-bond acceptors (Lipinski definition) is 7. The van der Waals surface area contributed by atoms with E-state index >= 15 is 0 Å². The van der Waals surface area contributed by atoms with Crippen molar-refractivity contribution in [3.63, 3.8) is 0 Å². The molecule has 2 saturated carbocycles. The van der Waals surface area contributed by atoms with E-state index in [1.54, 1.807) is 16.8 Å². The number of hydrogen-bond donors (Lipinski definition) is 5. The molecular weight excluding hydrogens is 386 g/mol. The lowest BCUT2D eigenvalue weighted by Crippen LogP contribution is -2.31. The minimum absolute atomic E-state index is 0.104. The van der Waals surface area contributed by atoms with Crippen molar-refractivity contribution in [2.24, 2.45) is 10.4 Å². The third-order valence-corrected chi connectivity index (χ3v) is 6.02. The summed E-state index contributed by atoms with van der Waals surface area (Å²) in [5, 5.41) is 28.2. The third-order valence-electron chi connectivity index (χ3n) is 6.02. The van der Waals surface area contributed by atoms with Crippen LogP contribution in [-0.2, 0) is 0 Å². The molecule has 0 aromatic carbocycles. The SMILES string of the molecule is O=c1[nH]c(O)c(/C=c2\cnn3c(=NC4CC4)cc(NCC4(CO)CCCC4)nc23)[nH]1. The maximum absolute atomic E-state index is 11.4. The molecule has 2 aliphatic carbocycles. The van der Waals surface area contributed by atoms with Crippen molar-refractivity contribution in [1.29, 1.82) is 0 Å². The molecule has 0 amide bonds. The summed E-state index contributed by atoms with van der Waals surface area (Å²) in [7, 11) is 0. The summed E-state index contributed by atoms with van der Waals surface area (Å²) >= 11 is 0. The Morgan fingerprint density at radius 3 is 2.80 bits per heavy atom. The third kappa shape index (κ3) is 3.58. The van der Waals surface area contributed by atoms with Gasteiger partial charge in [0.15, 0.2) is 11.1 Å². The van der Waals surface area contributed by atoms with Crippen molar-refractivity contribution >= 4 is 17.5 Å². The van der Waals surface area contributed by atoms with Crippen LogP contribution in [0.4, 0.5) is 5.82 Å². The molecule has 3 aromatic heterocycles. The van der Waals surface area contributed by atoms with Crippen LogP contribution in [0, 0.1) is 5.41 Å². The quantitative estimate of drug-likeness (QED) is 0.387. The Labute approximate surface area is 171 Å². The first-order valence-corrected chi connectivity index (χ1v) is 10.4. The smallest absolute Gasteiger partial charge is 0.326 e. The average molecular weight is 411 g/mol. The molecule has 0 aliphatic heterocycles.